The number of hydrogen-bond donors (Lipinski definition) is 0. The van der Waals surface area contributed by atoms with Crippen molar-refractivity contribution in [2.45, 2.75) is 0 Å². The van der Waals surface area contributed by atoms with E-state index >= 15 is 0 Å². The van der Waals surface area contributed by atoms with Gasteiger partial charge in [-0.3, -0.25) is 0 Å². The van der Waals surface area contributed by atoms with Crippen molar-refractivity contribution in [3.8, 4) is 0 Å². The molecule has 0 saturated carbocycles. The van der Waals surface area contributed by atoms with Gasteiger partial charge in [0, 0.05) is 22.4 Å². The normalized spacial score (nSPS) is 0. The van der Waals surface area contributed by atoms with Gasteiger partial charge in [0.1, 0.15) is 0 Å². The molecule has 4 heavy (non-hydrogen) atoms. The van der Waals surface area contributed by atoms with Gasteiger partial charge < -0.3 is 22.3 Å². The average Bonchev–Trinajstić information content (AvgIpc) is 0. The van der Waals surface area contributed by atoms with E-state index in [0.29, 0.717) is 0 Å². The molecule has 0 aromatic heterocycles. The molecule has 0 spiro atoms. The minimum atomic E-state index is 0. The van der Waals surface area contributed by atoms with Crippen LogP contribution >= 0.6 is 0 Å². The van der Waals surface area contributed by atoms with Crippen molar-refractivity contribution in [1.29, 1.82) is 0 Å². The summed E-state index contributed by atoms with van der Waals surface area (Å²) >= 11 is 0. The predicted molar refractivity (Wildman–Crippen MR) is 19.2 cm³/mol. The number of hydrogen-bond acceptors (Lipinski definition) is 0. The third-order valence-electron chi connectivity index (χ3n) is 0. The molecule has 1 heteroatoms. The molecule has 35 valence electrons. The maximum Gasteiger partial charge on any atom is 0 e. The van der Waals surface area contributed by atoms with Crippen LogP contribution < -0.4 is 0 Å². The van der Waals surface area contributed by atoms with Crippen LogP contribution in [0.15, 0.2) is 0 Å². The quantitative estimate of drug-likeness (QED) is 0.364. The molecule has 0 atom stereocenters. The third kappa shape index (κ3) is 15.1. The zero-order valence-electron chi connectivity index (χ0n) is 3.30. The van der Waals surface area contributed by atoms with E-state index in [0.717, 1.165) is 0 Å². The second-order valence-electron chi connectivity index (χ2n) is 0. The Balaban J connectivity index is 0. The van der Waals surface area contributed by atoms with Crippen LogP contribution in [0.1, 0.15) is 0 Å². The molecule has 0 N–H and O–H groups in total. The zero-order valence-corrected chi connectivity index (χ0v) is 4.78. The fourth-order valence-electron chi connectivity index (χ4n) is 0. The smallest absolute Gasteiger partial charge is 0 e. The maximum atomic E-state index is 0. The van der Waals surface area contributed by atoms with Gasteiger partial charge in [-0.25, -0.2) is 0 Å². The topological polar surface area (TPSA) is 0 Å². The van der Waals surface area contributed by atoms with Gasteiger partial charge in [-0.15, -0.1) is 0 Å². The van der Waals surface area contributed by atoms with Gasteiger partial charge in [-0.2, -0.15) is 0 Å². The molecular formula is C3H9Ag-3. The van der Waals surface area contributed by atoms with Crippen LogP contribution in [0.3, 0.4) is 0 Å². The molecule has 0 aliphatic carbocycles. The molecule has 0 aliphatic heterocycles. The Morgan fingerprint density at radius 3 is 0.500 bits per heavy atom. The molecule has 0 amide bonds. The summed E-state index contributed by atoms with van der Waals surface area (Å²) in [7, 11) is 0. The Morgan fingerprint density at radius 2 is 0.500 bits per heavy atom. The van der Waals surface area contributed by atoms with Crippen LogP contribution in [0.5, 0.6) is 0 Å². The number of rotatable bonds is 0. The third-order valence-corrected chi connectivity index (χ3v) is 0. The summed E-state index contributed by atoms with van der Waals surface area (Å²) in [5, 5.41) is 0. The van der Waals surface area contributed by atoms with Gasteiger partial charge >= 0.3 is 0 Å². The summed E-state index contributed by atoms with van der Waals surface area (Å²) in [5.74, 6) is 0. The molecule has 1 radical (unpaired) electrons. The van der Waals surface area contributed by atoms with Crippen LogP contribution in [-0.2, 0) is 22.4 Å². The standard InChI is InChI=1S/3CH3.Ag/h3*1H3;/q3*-1;. The van der Waals surface area contributed by atoms with Gasteiger partial charge in [0.25, 0.3) is 0 Å². The summed E-state index contributed by atoms with van der Waals surface area (Å²) in [6.07, 6.45) is 0. The molecule has 0 rings (SSSR count). The van der Waals surface area contributed by atoms with E-state index in [1.54, 1.807) is 0 Å². The summed E-state index contributed by atoms with van der Waals surface area (Å²) in [4.78, 5) is 0. The molecule has 0 saturated heterocycles. The Hall–Kier alpha value is 0.740. The SMILES string of the molecule is [Ag].[CH3-].[CH3-].[CH3-]. The largest absolute Gasteiger partial charge is 0.358 e. The Morgan fingerprint density at radius 1 is 0.500 bits per heavy atom. The molecule has 0 aromatic rings. The summed E-state index contributed by atoms with van der Waals surface area (Å²) in [5.41, 5.74) is 0. The van der Waals surface area contributed by atoms with Crippen LogP contribution in [0.2, 0.25) is 0 Å². The Kier molecular flexibility index (Phi) is 1550. The van der Waals surface area contributed by atoms with Crippen molar-refractivity contribution in [2.75, 3.05) is 0 Å². The monoisotopic (exact) mass is 152 g/mol. The van der Waals surface area contributed by atoms with Crippen LogP contribution in [0, 0.1) is 22.3 Å². The first-order chi connectivity index (χ1) is 0. The molecule has 0 bridgehead atoms. The molecule has 0 unspecified atom stereocenters. The Bertz CT molecular complexity index is 3.25. The van der Waals surface area contributed by atoms with Crippen molar-refractivity contribution < 1.29 is 22.4 Å². The molecule has 0 fully saturated rings. The molecule has 0 aliphatic rings. The first kappa shape index (κ1) is 121. The van der Waals surface area contributed by atoms with Crippen molar-refractivity contribution in [3.63, 3.8) is 0 Å². The molecular weight excluding hydrogens is 144 g/mol. The van der Waals surface area contributed by atoms with E-state index < -0.39 is 0 Å². The predicted octanol–water partition coefficient (Wildman–Crippen LogP) is 1.35. The summed E-state index contributed by atoms with van der Waals surface area (Å²) < 4.78 is 0. The van der Waals surface area contributed by atoms with E-state index in [-0.39, 0.29) is 44.7 Å². The second kappa shape index (κ2) is 51.3. The Labute approximate surface area is 45.1 Å². The molecule has 0 aromatic carbocycles. The first-order valence-electron chi connectivity index (χ1n) is 0. The zero-order chi connectivity index (χ0) is 0. The van der Waals surface area contributed by atoms with Crippen molar-refractivity contribution >= 4 is 0 Å². The van der Waals surface area contributed by atoms with Crippen LogP contribution in [-0.4, -0.2) is 0 Å². The maximum absolute atomic E-state index is 0. The van der Waals surface area contributed by atoms with Gasteiger partial charge in [0.15, 0.2) is 0 Å². The minimum Gasteiger partial charge on any atom is -0.358 e. The van der Waals surface area contributed by atoms with E-state index in [1.807, 2.05) is 0 Å². The van der Waals surface area contributed by atoms with Crippen molar-refractivity contribution in [3.05, 3.63) is 22.3 Å². The van der Waals surface area contributed by atoms with Gasteiger partial charge in [-0.05, 0) is 0 Å². The van der Waals surface area contributed by atoms with E-state index in [9.17, 15) is 0 Å². The first-order valence-corrected chi connectivity index (χ1v) is 0. The van der Waals surface area contributed by atoms with Crippen LogP contribution in [0.4, 0.5) is 0 Å². The fourth-order valence-corrected chi connectivity index (χ4v) is 0. The van der Waals surface area contributed by atoms with E-state index in [1.165, 1.54) is 0 Å². The van der Waals surface area contributed by atoms with Gasteiger partial charge in [-0.1, -0.05) is 0 Å². The molecule has 0 nitrogen and oxygen atoms in total. The summed E-state index contributed by atoms with van der Waals surface area (Å²) in [6, 6.07) is 0. The van der Waals surface area contributed by atoms with Crippen LogP contribution in [0.25, 0.3) is 0 Å². The fraction of sp³-hybridized carbons (Fsp3) is 0. The van der Waals surface area contributed by atoms with Crippen molar-refractivity contribution in [1.82, 2.24) is 0 Å². The molecule has 0 heterocycles. The van der Waals surface area contributed by atoms with E-state index in [4.69, 9.17) is 0 Å². The van der Waals surface area contributed by atoms with E-state index in [2.05, 4.69) is 0 Å². The summed E-state index contributed by atoms with van der Waals surface area (Å²) in [6.45, 7) is 0. The average molecular weight is 153 g/mol. The second-order valence-corrected chi connectivity index (χ2v) is 0. The minimum absolute atomic E-state index is 0. The van der Waals surface area contributed by atoms with Gasteiger partial charge in [0.2, 0.25) is 0 Å². The van der Waals surface area contributed by atoms with Gasteiger partial charge in [0.05, 0.1) is 0 Å². The van der Waals surface area contributed by atoms with Crippen molar-refractivity contribution in [2.24, 2.45) is 0 Å².